The van der Waals surface area contributed by atoms with E-state index in [4.69, 9.17) is 4.74 Å². The minimum absolute atomic E-state index is 0. The predicted molar refractivity (Wildman–Crippen MR) is 98.9 cm³/mol. The molecule has 3 nitrogen and oxygen atoms in total. The summed E-state index contributed by atoms with van der Waals surface area (Å²) < 4.78 is 6.13. The number of hydrogen-bond donors (Lipinski definition) is 1. The molecule has 1 aromatic carbocycles. The zero-order valence-corrected chi connectivity index (χ0v) is 15.2. The van der Waals surface area contributed by atoms with Gasteiger partial charge in [0.15, 0.2) is 0 Å². The molecule has 0 unspecified atom stereocenters. The Hall–Kier alpha value is -0.480. The second kappa shape index (κ2) is 8.57. The molecule has 2 aliphatic heterocycles. The normalized spacial score (nSPS) is 27.3. The van der Waals surface area contributed by atoms with Gasteiger partial charge in [-0.05, 0) is 68.3 Å². The molecule has 4 rings (SSSR count). The lowest BCUT2D eigenvalue weighted by Gasteiger charge is -2.18. The molecule has 2 saturated heterocycles. The Morgan fingerprint density at radius 2 is 1.74 bits per heavy atom. The highest BCUT2D eigenvalue weighted by atomic mass is 35.5. The molecular formula is C18H28Cl2N2O. The number of rotatable bonds is 4. The molecule has 3 aliphatic rings. The molecule has 1 N–H and O–H groups in total. The van der Waals surface area contributed by atoms with E-state index in [0.717, 1.165) is 24.1 Å². The number of halogens is 2. The maximum absolute atomic E-state index is 6.13. The first-order valence-electron chi connectivity index (χ1n) is 8.55. The van der Waals surface area contributed by atoms with Crippen LogP contribution in [0.4, 0.5) is 0 Å². The van der Waals surface area contributed by atoms with Crippen molar-refractivity contribution in [2.75, 3.05) is 26.2 Å². The predicted octanol–water partition coefficient (Wildman–Crippen LogP) is 3.50. The Bertz CT molecular complexity index is 482. The summed E-state index contributed by atoms with van der Waals surface area (Å²) in [6.45, 7) is 6.02. The quantitative estimate of drug-likeness (QED) is 0.891. The van der Waals surface area contributed by atoms with Crippen LogP contribution in [0.3, 0.4) is 0 Å². The van der Waals surface area contributed by atoms with E-state index in [-0.39, 0.29) is 24.8 Å². The maximum atomic E-state index is 6.13. The van der Waals surface area contributed by atoms with Crippen LogP contribution in [-0.2, 0) is 6.54 Å². The third-order valence-electron chi connectivity index (χ3n) is 5.37. The molecule has 130 valence electrons. The monoisotopic (exact) mass is 358 g/mol. The average molecular weight is 359 g/mol. The largest absolute Gasteiger partial charge is 0.490 e. The third kappa shape index (κ3) is 4.54. The summed E-state index contributed by atoms with van der Waals surface area (Å²) in [5, 5.41) is 3.51. The first kappa shape index (κ1) is 18.9. The number of nitrogens with zero attached hydrogens (tertiary/aromatic N) is 1. The third-order valence-corrected chi connectivity index (χ3v) is 5.37. The second-order valence-corrected chi connectivity index (χ2v) is 7.04. The van der Waals surface area contributed by atoms with Crippen LogP contribution < -0.4 is 10.1 Å². The van der Waals surface area contributed by atoms with Gasteiger partial charge in [-0.1, -0.05) is 12.1 Å². The van der Waals surface area contributed by atoms with E-state index in [0.29, 0.717) is 6.10 Å². The summed E-state index contributed by atoms with van der Waals surface area (Å²) in [7, 11) is 0. The molecule has 0 aromatic heterocycles. The van der Waals surface area contributed by atoms with Gasteiger partial charge >= 0.3 is 0 Å². The van der Waals surface area contributed by atoms with Gasteiger partial charge in [0.2, 0.25) is 0 Å². The zero-order valence-electron chi connectivity index (χ0n) is 13.6. The summed E-state index contributed by atoms with van der Waals surface area (Å²) in [5.41, 5.74) is 1.40. The van der Waals surface area contributed by atoms with Gasteiger partial charge in [-0.2, -0.15) is 0 Å². The lowest BCUT2D eigenvalue weighted by atomic mass is 10.0. The summed E-state index contributed by atoms with van der Waals surface area (Å²) in [6.07, 6.45) is 5.57. The molecule has 2 heterocycles. The Morgan fingerprint density at radius 3 is 2.43 bits per heavy atom. The molecular weight excluding hydrogens is 331 g/mol. The Morgan fingerprint density at radius 1 is 1.04 bits per heavy atom. The standard InChI is InChI=1S/C18H26N2O.2ClH/c1-2-6-17(5-1)21-18-7-3-4-14(8-18)11-20-12-15-9-19-10-16(15)13-20;;/h3-4,7-8,15-17,19H,1-2,5-6,9-13H2;2*1H/t15-,16+;;. The highest BCUT2D eigenvalue weighted by molar-refractivity contribution is 5.85. The van der Waals surface area contributed by atoms with Crippen molar-refractivity contribution in [1.29, 1.82) is 0 Å². The van der Waals surface area contributed by atoms with Crippen molar-refractivity contribution in [3.05, 3.63) is 29.8 Å². The molecule has 23 heavy (non-hydrogen) atoms. The molecule has 0 bridgehead atoms. The van der Waals surface area contributed by atoms with E-state index in [1.165, 1.54) is 57.4 Å². The Balaban J connectivity index is 0.000000960. The number of ether oxygens (including phenoxy) is 1. The number of fused-ring (bicyclic) bond motifs is 1. The lowest BCUT2D eigenvalue weighted by Crippen LogP contribution is -2.25. The Kier molecular flexibility index (Phi) is 7.02. The topological polar surface area (TPSA) is 24.5 Å². The van der Waals surface area contributed by atoms with Gasteiger partial charge < -0.3 is 10.1 Å². The average Bonchev–Trinajstić information content (AvgIpc) is 3.16. The van der Waals surface area contributed by atoms with Crippen molar-refractivity contribution in [1.82, 2.24) is 10.2 Å². The van der Waals surface area contributed by atoms with Gasteiger partial charge in [0.25, 0.3) is 0 Å². The molecule has 1 aliphatic carbocycles. The van der Waals surface area contributed by atoms with Gasteiger partial charge in [0, 0.05) is 19.6 Å². The molecule has 1 saturated carbocycles. The minimum Gasteiger partial charge on any atom is -0.490 e. The fourth-order valence-corrected chi connectivity index (χ4v) is 4.26. The van der Waals surface area contributed by atoms with Crippen molar-refractivity contribution >= 4 is 24.8 Å². The number of benzene rings is 1. The van der Waals surface area contributed by atoms with Crippen LogP contribution in [0.5, 0.6) is 5.75 Å². The molecule has 0 spiro atoms. The molecule has 0 amide bonds. The fourth-order valence-electron chi connectivity index (χ4n) is 4.26. The van der Waals surface area contributed by atoms with E-state index in [1.54, 1.807) is 0 Å². The van der Waals surface area contributed by atoms with Crippen LogP contribution in [0.15, 0.2) is 24.3 Å². The van der Waals surface area contributed by atoms with Crippen LogP contribution in [0.1, 0.15) is 31.2 Å². The second-order valence-electron chi connectivity index (χ2n) is 7.04. The van der Waals surface area contributed by atoms with Crippen molar-refractivity contribution in [3.63, 3.8) is 0 Å². The lowest BCUT2D eigenvalue weighted by molar-refractivity contribution is 0.209. The Labute approximate surface area is 152 Å². The molecule has 1 aromatic rings. The van der Waals surface area contributed by atoms with E-state index in [2.05, 4.69) is 34.5 Å². The van der Waals surface area contributed by atoms with E-state index < -0.39 is 0 Å². The minimum atomic E-state index is 0. The van der Waals surface area contributed by atoms with Gasteiger partial charge in [0.05, 0.1) is 6.10 Å². The fraction of sp³-hybridized carbons (Fsp3) is 0.667. The molecule has 2 atom stereocenters. The summed E-state index contributed by atoms with van der Waals surface area (Å²) in [6, 6.07) is 8.76. The summed E-state index contributed by atoms with van der Waals surface area (Å²) in [5.74, 6) is 2.83. The van der Waals surface area contributed by atoms with E-state index in [1.807, 2.05) is 0 Å². The summed E-state index contributed by atoms with van der Waals surface area (Å²) in [4.78, 5) is 2.62. The number of hydrogen-bond acceptors (Lipinski definition) is 3. The maximum Gasteiger partial charge on any atom is 0.120 e. The van der Waals surface area contributed by atoms with Gasteiger partial charge in [0.1, 0.15) is 5.75 Å². The van der Waals surface area contributed by atoms with Crippen LogP contribution in [0.2, 0.25) is 0 Å². The molecule has 5 heteroatoms. The van der Waals surface area contributed by atoms with E-state index >= 15 is 0 Å². The highest BCUT2D eigenvalue weighted by Gasteiger charge is 2.35. The van der Waals surface area contributed by atoms with Crippen LogP contribution in [0, 0.1) is 11.8 Å². The van der Waals surface area contributed by atoms with Crippen molar-refractivity contribution in [2.45, 2.75) is 38.3 Å². The first-order valence-corrected chi connectivity index (χ1v) is 8.55. The van der Waals surface area contributed by atoms with Crippen LogP contribution in [0.25, 0.3) is 0 Å². The van der Waals surface area contributed by atoms with Crippen LogP contribution >= 0.6 is 24.8 Å². The first-order chi connectivity index (χ1) is 10.4. The highest BCUT2D eigenvalue weighted by Crippen LogP contribution is 2.29. The summed E-state index contributed by atoms with van der Waals surface area (Å²) >= 11 is 0. The SMILES string of the molecule is Cl.Cl.c1cc(CN2C[C@H]3CNC[C@H]3C2)cc(OC2CCCC2)c1. The van der Waals surface area contributed by atoms with E-state index in [9.17, 15) is 0 Å². The number of likely N-dealkylation sites (tertiary alicyclic amines) is 1. The van der Waals surface area contributed by atoms with Crippen LogP contribution in [-0.4, -0.2) is 37.2 Å². The van der Waals surface area contributed by atoms with Crippen molar-refractivity contribution in [3.8, 4) is 5.75 Å². The zero-order chi connectivity index (χ0) is 14.1. The molecule has 0 radical (unpaired) electrons. The van der Waals surface area contributed by atoms with Crippen molar-refractivity contribution in [2.24, 2.45) is 11.8 Å². The molecule has 3 fully saturated rings. The van der Waals surface area contributed by atoms with Gasteiger partial charge in [-0.25, -0.2) is 0 Å². The smallest absolute Gasteiger partial charge is 0.120 e. The van der Waals surface area contributed by atoms with Gasteiger partial charge in [-0.15, -0.1) is 24.8 Å². The number of nitrogens with one attached hydrogen (secondary N) is 1. The van der Waals surface area contributed by atoms with Gasteiger partial charge in [-0.3, -0.25) is 4.90 Å². The van der Waals surface area contributed by atoms with Crippen molar-refractivity contribution < 1.29 is 4.74 Å².